The van der Waals surface area contributed by atoms with E-state index in [0.29, 0.717) is 5.56 Å². The van der Waals surface area contributed by atoms with E-state index in [2.05, 4.69) is 28.0 Å². The number of amides is 1. The summed E-state index contributed by atoms with van der Waals surface area (Å²) in [6.07, 6.45) is 12.4. The minimum Gasteiger partial charge on any atom is -0.306 e. The third-order valence-corrected chi connectivity index (χ3v) is 2.56. The number of pyridine rings is 1. The van der Waals surface area contributed by atoms with Gasteiger partial charge in [0.05, 0.1) is 5.56 Å². The predicted molar refractivity (Wildman–Crippen MR) is 65.9 cm³/mol. The van der Waals surface area contributed by atoms with Gasteiger partial charge in [0, 0.05) is 18.6 Å². The molecule has 0 bridgehead atoms. The van der Waals surface area contributed by atoms with Crippen molar-refractivity contribution in [2.75, 3.05) is 0 Å². The molecular formula is C13H15N3O. The summed E-state index contributed by atoms with van der Waals surface area (Å²) in [7, 11) is 0. The number of nitrogens with zero attached hydrogens (tertiary/aromatic N) is 1. The quantitative estimate of drug-likeness (QED) is 0.615. The molecule has 0 unspecified atom stereocenters. The van der Waals surface area contributed by atoms with Crippen LogP contribution in [0.3, 0.4) is 0 Å². The fourth-order valence-corrected chi connectivity index (χ4v) is 1.63. The van der Waals surface area contributed by atoms with Crippen molar-refractivity contribution >= 4 is 5.91 Å². The van der Waals surface area contributed by atoms with E-state index < -0.39 is 0 Å². The molecule has 0 fully saturated rings. The fourth-order valence-electron chi connectivity index (χ4n) is 1.63. The third-order valence-electron chi connectivity index (χ3n) is 2.56. The second-order valence-corrected chi connectivity index (χ2v) is 3.86. The number of hydrazine groups is 1. The Morgan fingerprint density at radius 1 is 1.41 bits per heavy atom. The van der Waals surface area contributed by atoms with Gasteiger partial charge in [0.2, 0.25) is 0 Å². The van der Waals surface area contributed by atoms with Crippen LogP contribution in [0, 0.1) is 0 Å². The SMILES string of the molecule is O=C(NN/C=C1\CC=CCC1)c1cccnc1. The first-order valence-corrected chi connectivity index (χ1v) is 5.65. The molecule has 0 aliphatic heterocycles. The monoisotopic (exact) mass is 229 g/mol. The van der Waals surface area contributed by atoms with Gasteiger partial charge in [-0.15, -0.1) is 0 Å². The Morgan fingerprint density at radius 3 is 3.06 bits per heavy atom. The van der Waals surface area contributed by atoms with Gasteiger partial charge < -0.3 is 5.43 Å². The summed E-state index contributed by atoms with van der Waals surface area (Å²) in [6.45, 7) is 0. The molecule has 0 saturated carbocycles. The van der Waals surface area contributed by atoms with Crippen molar-refractivity contribution < 1.29 is 4.79 Å². The van der Waals surface area contributed by atoms with E-state index in [0.717, 1.165) is 19.3 Å². The lowest BCUT2D eigenvalue weighted by Crippen LogP contribution is -2.33. The minimum absolute atomic E-state index is 0.179. The van der Waals surface area contributed by atoms with Crippen molar-refractivity contribution in [2.45, 2.75) is 19.3 Å². The van der Waals surface area contributed by atoms with E-state index in [4.69, 9.17) is 0 Å². The van der Waals surface area contributed by atoms with Crippen LogP contribution >= 0.6 is 0 Å². The summed E-state index contributed by atoms with van der Waals surface area (Å²) in [5.41, 5.74) is 7.28. The van der Waals surface area contributed by atoms with Crippen LogP contribution in [-0.2, 0) is 0 Å². The van der Waals surface area contributed by atoms with Crippen molar-refractivity contribution in [2.24, 2.45) is 0 Å². The van der Waals surface area contributed by atoms with Gasteiger partial charge in [-0.2, -0.15) is 0 Å². The van der Waals surface area contributed by atoms with Gasteiger partial charge in [0.15, 0.2) is 0 Å². The Hall–Kier alpha value is -2.10. The number of nitrogens with one attached hydrogen (secondary N) is 2. The lowest BCUT2D eigenvalue weighted by Gasteiger charge is -2.10. The number of hydrogen-bond acceptors (Lipinski definition) is 3. The lowest BCUT2D eigenvalue weighted by atomic mass is 10.0. The molecule has 17 heavy (non-hydrogen) atoms. The molecule has 0 radical (unpaired) electrons. The zero-order valence-electron chi connectivity index (χ0n) is 9.52. The maximum absolute atomic E-state index is 11.6. The molecule has 2 rings (SSSR count). The first-order valence-electron chi connectivity index (χ1n) is 5.65. The molecule has 1 amide bonds. The van der Waals surface area contributed by atoms with Crippen molar-refractivity contribution in [3.8, 4) is 0 Å². The second kappa shape index (κ2) is 5.84. The fraction of sp³-hybridized carbons (Fsp3) is 0.231. The van der Waals surface area contributed by atoms with Crippen LogP contribution in [0.2, 0.25) is 0 Å². The second-order valence-electron chi connectivity index (χ2n) is 3.86. The number of carbonyl (C=O) groups excluding carboxylic acids is 1. The van der Waals surface area contributed by atoms with Crippen LogP contribution in [0.15, 0.2) is 48.5 Å². The van der Waals surface area contributed by atoms with Crippen molar-refractivity contribution in [3.63, 3.8) is 0 Å². The standard InChI is InChI=1S/C13H15N3O/c17-13(12-7-4-8-14-10-12)16-15-9-11-5-2-1-3-6-11/h1-2,4,7-10,15H,3,5-6H2,(H,16,17)/b11-9+. The highest BCUT2D eigenvalue weighted by Gasteiger charge is 2.03. The molecule has 1 aromatic heterocycles. The highest BCUT2D eigenvalue weighted by molar-refractivity contribution is 5.93. The van der Waals surface area contributed by atoms with Gasteiger partial charge in [0.1, 0.15) is 0 Å². The molecule has 1 aliphatic carbocycles. The highest BCUT2D eigenvalue weighted by atomic mass is 16.2. The van der Waals surface area contributed by atoms with Gasteiger partial charge in [0.25, 0.3) is 5.91 Å². The van der Waals surface area contributed by atoms with Crippen LogP contribution < -0.4 is 10.9 Å². The molecule has 4 heteroatoms. The Morgan fingerprint density at radius 2 is 2.35 bits per heavy atom. The summed E-state index contributed by atoms with van der Waals surface area (Å²) >= 11 is 0. The first-order chi connectivity index (χ1) is 8.36. The van der Waals surface area contributed by atoms with E-state index in [1.54, 1.807) is 18.3 Å². The van der Waals surface area contributed by atoms with E-state index >= 15 is 0 Å². The molecule has 0 aromatic carbocycles. The molecule has 0 atom stereocenters. The Balaban J connectivity index is 1.83. The molecule has 1 aromatic rings. The van der Waals surface area contributed by atoms with Crippen molar-refractivity contribution in [3.05, 3.63) is 54.0 Å². The molecule has 0 saturated heterocycles. The molecule has 2 N–H and O–H groups in total. The molecule has 88 valence electrons. The largest absolute Gasteiger partial charge is 0.306 e. The van der Waals surface area contributed by atoms with E-state index in [1.807, 2.05) is 6.20 Å². The normalized spacial score (nSPS) is 16.8. The Labute approximate surface area is 100 Å². The number of aromatic nitrogens is 1. The van der Waals surface area contributed by atoms with Crippen LogP contribution in [0.5, 0.6) is 0 Å². The summed E-state index contributed by atoms with van der Waals surface area (Å²) in [5, 5.41) is 0. The van der Waals surface area contributed by atoms with Crippen LogP contribution in [-0.4, -0.2) is 10.9 Å². The number of rotatable bonds is 3. The average Bonchev–Trinajstić information content (AvgIpc) is 2.41. The average molecular weight is 229 g/mol. The predicted octanol–water partition coefficient (Wildman–Crippen LogP) is 1.94. The molecule has 4 nitrogen and oxygen atoms in total. The first kappa shape index (κ1) is 11.4. The van der Waals surface area contributed by atoms with Gasteiger partial charge in [-0.3, -0.25) is 15.2 Å². The summed E-state index contributed by atoms with van der Waals surface area (Å²) < 4.78 is 0. The van der Waals surface area contributed by atoms with E-state index in [9.17, 15) is 4.79 Å². The Kier molecular flexibility index (Phi) is 3.91. The number of hydrogen-bond donors (Lipinski definition) is 2. The maximum Gasteiger partial charge on any atom is 0.271 e. The van der Waals surface area contributed by atoms with E-state index in [1.165, 1.54) is 11.8 Å². The molecule has 0 spiro atoms. The zero-order valence-corrected chi connectivity index (χ0v) is 9.52. The molecular weight excluding hydrogens is 214 g/mol. The van der Waals surface area contributed by atoms with Crippen LogP contribution in [0.25, 0.3) is 0 Å². The van der Waals surface area contributed by atoms with Crippen molar-refractivity contribution in [1.29, 1.82) is 0 Å². The van der Waals surface area contributed by atoms with Gasteiger partial charge >= 0.3 is 0 Å². The zero-order chi connectivity index (χ0) is 11.9. The van der Waals surface area contributed by atoms with E-state index in [-0.39, 0.29) is 5.91 Å². The molecule has 1 heterocycles. The van der Waals surface area contributed by atoms with Gasteiger partial charge in [-0.25, -0.2) is 0 Å². The number of carbonyl (C=O) groups is 1. The third kappa shape index (κ3) is 3.45. The van der Waals surface area contributed by atoms with Gasteiger partial charge in [-0.05, 0) is 37.0 Å². The van der Waals surface area contributed by atoms with Crippen LogP contribution in [0.4, 0.5) is 0 Å². The smallest absolute Gasteiger partial charge is 0.271 e. The van der Waals surface area contributed by atoms with Gasteiger partial charge in [-0.1, -0.05) is 12.2 Å². The lowest BCUT2D eigenvalue weighted by molar-refractivity contribution is 0.0940. The van der Waals surface area contributed by atoms with Crippen LogP contribution in [0.1, 0.15) is 29.6 Å². The number of allylic oxidation sites excluding steroid dienone is 3. The Bertz CT molecular complexity index is 437. The summed E-state index contributed by atoms with van der Waals surface area (Å²) in [6, 6.07) is 3.46. The molecule has 1 aliphatic rings. The highest BCUT2D eigenvalue weighted by Crippen LogP contribution is 2.15. The maximum atomic E-state index is 11.6. The topological polar surface area (TPSA) is 54.0 Å². The minimum atomic E-state index is -0.179. The summed E-state index contributed by atoms with van der Waals surface area (Å²) in [4.78, 5) is 15.5. The summed E-state index contributed by atoms with van der Waals surface area (Å²) in [5.74, 6) is -0.179. The van der Waals surface area contributed by atoms with Crippen molar-refractivity contribution in [1.82, 2.24) is 15.8 Å².